The van der Waals surface area contributed by atoms with Crippen LogP contribution >= 0.6 is 28.1 Å². The number of ether oxygens (including phenoxy) is 1. The van der Waals surface area contributed by atoms with Gasteiger partial charge in [-0.1, -0.05) is 18.2 Å². The topological polar surface area (TPSA) is 79.5 Å². The van der Waals surface area contributed by atoms with Crippen LogP contribution in [0.1, 0.15) is 40.1 Å². The Kier molecular flexibility index (Phi) is 8.19. The van der Waals surface area contributed by atoms with Gasteiger partial charge >= 0.3 is 0 Å². The summed E-state index contributed by atoms with van der Waals surface area (Å²) >= 11 is 8.68. The summed E-state index contributed by atoms with van der Waals surface area (Å²) in [4.78, 5) is 25.0. The van der Waals surface area contributed by atoms with Crippen molar-refractivity contribution in [3.8, 4) is 5.75 Å². The lowest BCUT2D eigenvalue weighted by Gasteiger charge is -2.13. The molecule has 3 aromatic carbocycles. The zero-order chi connectivity index (χ0) is 24.0. The minimum absolute atomic E-state index is 0.0277. The van der Waals surface area contributed by atoms with E-state index in [0.29, 0.717) is 32.7 Å². The van der Waals surface area contributed by atoms with Crippen molar-refractivity contribution in [2.45, 2.75) is 26.9 Å². The second-order valence-electron chi connectivity index (χ2n) is 7.57. The molecule has 0 aromatic heterocycles. The number of carbonyl (C=O) groups excluding carboxylic acids is 2. The van der Waals surface area contributed by atoms with Gasteiger partial charge in [0.05, 0.1) is 10.6 Å². The third-order valence-electron chi connectivity index (χ3n) is 4.57. The smallest absolute Gasteiger partial charge is 0.257 e. The summed E-state index contributed by atoms with van der Waals surface area (Å²) in [5.41, 5.74) is 3.30. The second kappa shape index (κ2) is 11.1. The van der Waals surface area contributed by atoms with Crippen LogP contribution in [0.4, 0.5) is 11.4 Å². The first kappa shape index (κ1) is 24.4. The van der Waals surface area contributed by atoms with Crippen LogP contribution in [0.2, 0.25) is 0 Å². The van der Waals surface area contributed by atoms with Gasteiger partial charge in [0.25, 0.3) is 11.8 Å². The third-order valence-corrected chi connectivity index (χ3v) is 5.40. The molecule has 0 radical (unpaired) electrons. The van der Waals surface area contributed by atoms with Crippen molar-refractivity contribution in [1.82, 2.24) is 5.32 Å². The largest absolute Gasteiger partial charge is 0.490 e. The zero-order valence-electron chi connectivity index (χ0n) is 18.4. The molecule has 0 spiro atoms. The first-order valence-corrected chi connectivity index (χ1v) is 11.5. The van der Waals surface area contributed by atoms with Crippen molar-refractivity contribution in [3.63, 3.8) is 0 Å². The number of nitrogens with one attached hydrogen (secondary N) is 3. The molecule has 0 aliphatic heterocycles. The average Bonchev–Trinajstić information content (AvgIpc) is 2.76. The van der Waals surface area contributed by atoms with Crippen LogP contribution in [0.25, 0.3) is 0 Å². The minimum atomic E-state index is -0.341. The Balaban J connectivity index is 1.56. The van der Waals surface area contributed by atoms with Gasteiger partial charge in [-0.15, -0.1) is 0 Å². The molecule has 0 heterocycles. The number of benzene rings is 3. The lowest BCUT2D eigenvalue weighted by molar-refractivity contribution is 0.0976. The number of halogens is 1. The highest BCUT2D eigenvalue weighted by molar-refractivity contribution is 9.10. The van der Waals surface area contributed by atoms with Crippen molar-refractivity contribution in [2.24, 2.45) is 0 Å². The summed E-state index contributed by atoms with van der Waals surface area (Å²) in [6.45, 7) is 5.76. The van der Waals surface area contributed by atoms with E-state index >= 15 is 0 Å². The molecule has 8 heteroatoms. The molecule has 0 fully saturated rings. The van der Waals surface area contributed by atoms with Gasteiger partial charge in [0.1, 0.15) is 5.75 Å². The predicted molar refractivity (Wildman–Crippen MR) is 139 cm³/mol. The van der Waals surface area contributed by atoms with Crippen molar-refractivity contribution >= 4 is 56.4 Å². The van der Waals surface area contributed by atoms with Crippen molar-refractivity contribution in [2.75, 3.05) is 10.6 Å². The van der Waals surface area contributed by atoms with Gasteiger partial charge in [0.15, 0.2) is 5.11 Å². The van der Waals surface area contributed by atoms with Crippen molar-refractivity contribution < 1.29 is 14.3 Å². The van der Waals surface area contributed by atoms with E-state index in [-0.39, 0.29) is 23.0 Å². The summed E-state index contributed by atoms with van der Waals surface area (Å²) in [5, 5.41) is 8.66. The third kappa shape index (κ3) is 6.87. The molecule has 2 amide bonds. The summed E-state index contributed by atoms with van der Waals surface area (Å²) in [7, 11) is 0. The lowest BCUT2D eigenvalue weighted by atomic mass is 10.1. The van der Waals surface area contributed by atoms with E-state index < -0.39 is 0 Å². The molecule has 0 aliphatic rings. The van der Waals surface area contributed by atoms with Crippen LogP contribution in [0, 0.1) is 6.92 Å². The molecule has 0 aliphatic carbocycles. The van der Waals surface area contributed by atoms with Crippen molar-refractivity contribution in [1.29, 1.82) is 0 Å². The molecule has 0 atom stereocenters. The molecule has 0 saturated heterocycles. The monoisotopic (exact) mass is 525 g/mol. The Morgan fingerprint density at radius 3 is 2.15 bits per heavy atom. The molecule has 3 N–H and O–H groups in total. The molecular weight excluding hydrogens is 502 g/mol. The van der Waals surface area contributed by atoms with Crippen molar-refractivity contribution in [3.05, 3.63) is 87.9 Å². The van der Waals surface area contributed by atoms with E-state index in [1.807, 2.05) is 39.0 Å². The van der Waals surface area contributed by atoms with Crippen LogP contribution in [-0.4, -0.2) is 23.0 Å². The number of thiocarbonyl (C=S) groups is 1. The Hall–Kier alpha value is -3.23. The standard InChI is InChI=1S/C25H24BrN3O3S/c1-15(2)32-22-13-8-17(14-21(22)26)23(30)29-25(33)28-19-11-9-18(10-12-19)27-24(31)20-7-5-4-6-16(20)3/h4-15H,1-3H3,(H,27,31)(H2,28,29,30,33). The van der Waals surface area contributed by atoms with Gasteiger partial charge in [-0.3, -0.25) is 14.9 Å². The minimum Gasteiger partial charge on any atom is -0.490 e. The molecular formula is C25H24BrN3O3S. The van der Waals surface area contributed by atoms with E-state index in [2.05, 4.69) is 31.9 Å². The van der Waals surface area contributed by atoms with E-state index in [1.165, 1.54) is 0 Å². The maximum atomic E-state index is 12.5. The van der Waals surface area contributed by atoms with Crippen LogP contribution < -0.4 is 20.7 Å². The highest BCUT2D eigenvalue weighted by Crippen LogP contribution is 2.27. The van der Waals surface area contributed by atoms with Gasteiger partial charge in [-0.2, -0.15) is 0 Å². The van der Waals surface area contributed by atoms with E-state index in [4.69, 9.17) is 17.0 Å². The fourth-order valence-electron chi connectivity index (χ4n) is 2.99. The fourth-order valence-corrected chi connectivity index (χ4v) is 3.67. The van der Waals surface area contributed by atoms with Crippen LogP contribution in [0.15, 0.2) is 71.2 Å². The van der Waals surface area contributed by atoms with Gasteiger partial charge in [-0.05, 0) is 103 Å². The van der Waals surface area contributed by atoms with Crippen LogP contribution in [0.3, 0.4) is 0 Å². The summed E-state index contributed by atoms with van der Waals surface area (Å²) in [5.74, 6) is 0.149. The second-order valence-corrected chi connectivity index (χ2v) is 8.83. The number of rotatable bonds is 6. The van der Waals surface area contributed by atoms with Gasteiger partial charge in [-0.25, -0.2) is 0 Å². The normalized spacial score (nSPS) is 10.5. The zero-order valence-corrected chi connectivity index (χ0v) is 20.8. The number of hydrogen-bond donors (Lipinski definition) is 3. The molecule has 33 heavy (non-hydrogen) atoms. The van der Waals surface area contributed by atoms with Gasteiger partial charge in [0.2, 0.25) is 0 Å². The highest BCUT2D eigenvalue weighted by Gasteiger charge is 2.12. The molecule has 3 rings (SSSR count). The number of aryl methyl sites for hydroxylation is 1. The van der Waals surface area contributed by atoms with Crippen LogP contribution in [-0.2, 0) is 0 Å². The predicted octanol–water partition coefficient (Wildman–Crippen LogP) is 5.92. The Labute approximate surface area is 206 Å². The summed E-state index contributed by atoms with van der Waals surface area (Å²) in [6, 6.07) is 19.5. The summed E-state index contributed by atoms with van der Waals surface area (Å²) in [6.07, 6.45) is 0.0277. The highest BCUT2D eigenvalue weighted by atomic mass is 79.9. The first-order valence-electron chi connectivity index (χ1n) is 10.3. The first-order chi connectivity index (χ1) is 15.7. The molecule has 6 nitrogen and oxygen atoms in total. The maximum absolute atomic E-state index is 12.5. The van der Waals surface area contributed by atoms with E-state index in [9.17, 15) is 9.59 Å². The average molecular weight is 526 g/mol. The molecule has 0 saturated carbocycles. The molecule has 170 valence electrons. The number of hydrogen-bond acceptors (Lipinski definition) is 4. The van der Waals surface area contributed by atoms with E-state index in [1.54, 1.807) is 48.5 Å². The molecule has 0 bridgehead atoms. The quantitative estimate of drug-likeness (QED) is 0.348. The van der Waals surface area contributed by atoms with Gasteiger partial charge in [0, 0.05) is 22.5 Å². The van der Waals surface area contributed by atoms with E-state index in [0.717, 1.165) is 5.56 Å². The lowest BCUT2D eigenvalue weighted by Crippen LogP contribution is -2.34. The Bertz CT molecular complexity index is 1180. The molecule has 3 aromatic rings. The maximum Gasteiger partial charge on any atom is 0.257 e. The fraction of sp³-hybridized carbons (Fsp3) is 0.160. The number of amides is 2. The van der Waals surface area contributed by atoms with Crippen LogP contribution in [0.5, 0.6) is 5.75 Å². The Morgan fingerprint density at radius 2 is 1.55 bits per heavy atom. The molecule has 0 unspecified atom stereocenters. The Morgan fingerprint density at radius 1 is 0.909 bits per heavy atom. The summed E-state index contributed by atoms with van der Waals surface area (Å²) < 4.78 is 6.35. The van der Waals surface area contributed by atoms with Gasteiger partial charge < -0.3 is 15.4 Å². The SMILES string of the molecule is Cc1ccccc1C(=O)Nc1ccc(NC(=S)NC(=O)c2ccc(OC(C)C)c(Br)c2)cc1. The number of carbonyl (C=O) groups is 2. The number of anilines is 2.